The van der Waals surface area contributed by atoms with E-state index in [2.05, 4.69) is 9.64 Å². The third-order valence-electron chi connectivity index (χ3n) is 3.93. The maximum atomic E-state index is 11.2. The van der Waals surface area contributed by atoms with Crippen LogP contribution in [0, 0.1) is 0 Å². The van der Waals surface area contributed by atoms with Gasteiger partial charge in [0.15, 0.2) is 0 Å². The Balaban J connectivity index is 1.72. The van der Waals surface area contributed by atoms with Crippen molar-refractivity contribution in [1.29, 1.82) is 0 Å². The molecular formula is C11H16N2O3. The van der Waals surface area contributed by atoms with E-state index < -0.39 is 11.9 Å². The van der Waals surface area contributed by atoms with E-state index in [1.165, 1.54) is 19.4 Å². The number of carbonyl (C=O) groups excluding carboxylic acids is 2. The van der Waals surface area contributed by atoms with Crippen molar-refractivity contribution in [1.82, 2.24) is 9.80 Å². The lowest BCUT2D eigenvalue weighted by Gasteiger charge is -2.33. The summed E-state index contributed by atoms with van der Waals surface area (Å²) in [5.74, 6) is -0.791. The number of hydrogen-bond donors (Lipinski definition) is 0. The van der Waals surface area contributed by atoms with Crippen LogP contribution >= 0.6 is 0 Å². The zero-order valence-electron chi connectivity index (χ0n) is 9.22. The lowest BCUT2D eigenvalue weighted by Crippen LogP contribution is -2.51. The molecule has 5 heteroatoms. The third kappa shape index (κ3) is 1.64. The van der Waals surface area contributed by atoms with Gasteiger partial charge < -0.3 is 4.74 Å². The minimum Gasteiger partial charge on any atom is -0.391 e. The monoisotopic (exact) mass is 224 g/mol. The molecule has 3 aliphatic rings. The van der Waals surface area contributed by atoms with Crippen molar-refractivity contribution < 1.29 is 14.3 Å². The number of fused-ring (bicyclic) bond motifs is 1. The van der Waals surface area contributed by atoms with E-state index in [-0.39, 0.29) is 13.1 Å². The highest BCUT2D eigenvalue weighted by atomic mass is 16.6. The molecule has 0 aromatic carbocycles. The molecule has 0 radical (unpaired) electrons. The van der Waals surface area contributed by atoms with Gasteiger partial charge in [-0.05, 0) is 25.8 Å². The summed E-state index contributed by atoms with van der Waals surface area (Å²) in [5.41, 5.74) is 0. The van der Waals surface area contributed by atoms with Crippen molar-refractivity contribution in [3.05, 3.63) is 0 Å². The molecule has 0 N–H and O–H groups in total. The smallest absolute Gasteiger partial charge is 0.327 e. The minimum atomic E-state index is -0.396. The van der Waals surface area contributed by atoms with Crippen molar-refractivity contribution in [2.75, 3.05) is 26.2 Å². The molecule has 3 heterocycles. The van der Waals surface area contributed by atoms with Crippen molar-refractivity contribution in [2.24, 2.45) is 0 Å². The highest BCUT2D eigenvalue weighted by Crippen LogP contribution is 2.31. The third-order valence-corrected chi connectivity index (χ3v) is 3.93. The van der Waals surface area contributed by atoms with Gasteiger partial charge in [0.25, 0.3) is 0 Å². The summed E-state index contributed by atoms with van der Waals surface area (Å²) in [6, 6.07) is 0.929. The van der Waals surface area contributed by atoms with Gasteiger partial charge in [-0.2, -0.15) is 0 Å². The normalized spacial score (nSPS) is 36.5. The number of morpholine rings is 1. The SMILES string of the molecule is O=C1CN(C2CCN3CCCC23)CC(=O)O1. The average Bonchev–Trinajstić information content (AvgIpc) is 2.75. The van der Waals surface area contributed by atoms with Crippen molar-refractivity contribution in [3.63, 3.8) is 0 Å². The number of cyclic esters (lactones) is 2. The number of rotatable bonds is 1. The van der Waals surface area contributed by atoms with E-state index in [1.54, 1.807) is 0 Å². The summed E-state index contributed by atoms with van der Waals surface area (Å²) >= 11 is 0. The Morgan fingerprint density at radius 2 is 1.62 bits per heavy atom. The van der Waals surface area contributed by atoms with Crippen molar-refractivity contribution >= 4 is 11.9 Å². The number of carbonyl (C=O) groups is 2. The quantitative estimate of drug-likeness (QED) is 0.448. The first-order valence-electron chi connectivity index (χ1n) is 5.95. The lowest BCUT2D eigenvalue weighted by atomic mass is 10.0. The van der Waals surface area contributed by atoms with E-state index in [1.807, 2.05) is 4.90 Å². The van der Waals surface area contributed by atoms with Gasteiger partial charge >= 0.3 is 11.9 Å². The molecule has 3 saturated heterocycles. The van der Waals surface area contributed by atoms with E-state index in [9.17, 15) is 9.59 Å². The van der Waals surface area contributed by atoms with E-state index in [4.69, 9.17) is 0 Å². The Bertz CT molecular complexity index is 315. The number of esters is 2. The molecule has 0 saturated carbocycles. The molecule has 2 unspecified atom stereocenters. The van der Waals surface area contributed by atoms with E-state index in [0.29, 0.717) is 12.1 Å². The fourth-order valence-corrected chi connectivity index (χ4v) is 3.30. The number of hydrogen-bond acceptors (Lipinski definition) is 5. The molecule has 0 aromatic heterocycles. The Morgan fingerprint density at radius 1 is 0.938 bits per heavy atom. The predicted molar refractivity (Wildman–Crippen MR) is 55.7 cm³/mol. The molecule has 2 atom stereocenters. The maximum Gasteiger partial charge on any atom is 0.327 e. The van der Waals surface area contributed by atoms with Gasteiger partial charge in [-0.25, -0.2) is 0 Å². The molecule has 0 aliphatic carbocycles. The van der Waals surface area contributed by atoms with Crippen molar-refractivity contribution in [2.45, 2.75) is 31.3 Å². The predicted octanol–water partition coefficient (Wildman–Crippen LogP) is -0.392. The summed E-state index contributed by atoms with van der Waals surface area (Å²) in [4.78, 5) is 27.0. The Morgan fingerprint density at radius 3 is 2.38 bits per heavy atom. The fourth-order valence-electron chi connectivity index (χ4n) is 3.30. The standard InChI is InChI=1S/C11H16N2O3/c14-10-6-13(7-11(15)16-10)9-3-5-12-4-1-2-8(9)12/h8-9H,1-7H2. The largest absolute Gasteiger partial charge is 0.391 e. The maximum absolute atomic E-state index is 11.2. The molecule has 16 heavy (non-hydrogen) atoms. The highest BCUT2D eigenvalue weighted by molar-refractivity contribution is 5.90. The van der Waals surface area contributed by atoms with Crippen LogP contribution in [0.4, 0.5) is 0 Å². The molecule has 3 rings (SSSR count). The zero-order valence-corrected chi connectivity index (χ0v) is 9.22. The molecule has 0 spiro atoms. The van der Waals surface area contributed by atoms with E-state index in [0.717, 1.165) is 13.0 Å². The van der Waals surface area contributed by atoms with Gasteiger partial charge in [-0.3, -0.25) is 19.4 Å². The van der Waals surface area contributed by atoms with E-state index >= 15 is 0 Å². The molecule has 0 bridgehead atoms. The topological polar surface area (TPSA) is 49.9 Å². The zero-order chi connectivity index (χ0) is 11.1. The van der Waals surface area contributed by atoms with Gasteiger partial charge in [0.1, 0.15) is 0 Å². The minimum absolute atomic E-state index is 0.279. The molecule has 0 aromatic rings. The van der Waals surface area contributed by atoms with Gasteiger partial charge in [0.05, 0.1) is 13.1 Å². The van der Waals surface area contributed by atoms with Crippen LogP contribution in [0.15, 0.2) is 0 Å². The van der Waals surface area contributed by atoms with Crippen LogP contribution in [0.1, 0.15) is 19.3 Å². The fraction of sp³-hybridized carbons (Fsp3) is 0.818. The highest BCUT2D eigenvalue weighted by Gasteiger charge is 2.42. The first kappa shape index (κ1) is 10.2. The van der Waals surface area contributed by atoms with Gasteiger partial charge in [0, 0.05) is 18.6 Å². The molecule has 3 aliphatic heterocycles. The summed E-state index contributed by atoms with van der Waals surface area (Å²) in [5, 5.41) is 0. The van der Waals surface area contributed by atoms with Gasteiger partial charge in [-0.15, -0.1) is 0 Å². The summed E-state index contributed by atoms with van der Waals surface area (Å²) in [7, 11) is 0. The summed E-state index contributed by atoms with van der Waals surface area (Å²) < 4.78 is 4.55. The molecular weight excluding hydrogens is 208 g/mol. The van der Waals surface area contributed by atoms with Crippen LogP contribution in [-0.4, -0.2) is 60.0 Å². The second kappa shape index (κ2) is 3.82. The molecule has 88 valence electrons. The van der Waals surface area contributed by atoms with Gasteiger partial charge in [-0.1, -0.05) is 0 Å². The Labute approximate surface area is 94.3 Å². The second-order valence-corrected chi connectivity index (χ2v) is 4.85. The molecule has 0 amide bonds. The van der Waals surface area contributed by atoms with Crippen LogP contribution in [0.25, 0.3) is 0 Å². The van der Waals surface area contributed by atoms with Gasteiger partial charge in [0.2, 0.25) is 0 Å². The van der Waals surface area contributed by atoms with Crippen LogP contribution < -0.4 is 0 Å². The number of nitrogens with zero attached hydrogens (tertiary/aromatic N) is 2. The molecule has 5 nitrogen and oxygen atoms in total. The Hall–Kier alpha value is -0.940. The van der Waals surface area contributed by atoms with Crippen LogP contribution in [0.5, 0.6) is 0 Å². The van der Waals surface area contributed by atoms with Crippen LogP contribution in [0.2, 0.25) is 0 Å². The van der Waals surface area contributed by atoms with Crippen molar-refractivity contribution in [3.8, 4) is 0 Å². The second-order valence-electron chi connectivity index (χ2n) is 4.85. The first-order valence-corrected chi connectivity index (χ1v) is 5.95. The van der Waals surface area contributed by atoms with Crippen LogP contribution in [0.3, 0.4) is 0 Å². The summed E-state index contributed by atoms with van der Waals surface area (Å²) in [6.07, 6.45) is 3.52. The Kier molecular flexibility index (Phi) is 2.44. The number of ether oxygens (including phenoxy) is 1. The average molecular weight is 224 g/mol. The first-order chi connectivity index (χ1) is 7.74. The molecule has 3 fully saturated rings. The summed E-state index contributed by atoms with van der Waals surface area (Å²) in [6.45, 7) is 2.84. The van der Waals surface area contributed by atoms with Crippen LogP contribution in [-0.2, 0) is 14.3 Å². The lowest BCUT2D eigenvalue weighted by molar-refractivity contribution is -0.168.